The predicted octanol–water partition coefficient (Wildman–Crippen LogP) is 2.35. The third kappa shape index (κ3) is 3.80. The Balaban J connectivity index is 1.51. The standard InChI is InChI=1S/C19H26N4OS/c1-24-17-10-6-15(7-11-17)13-21(16-8-9-16)14-23-19(25)22-12-4-2-3-5-18(22)20-23/h6-7,10-11,16H,2-5,8-9,12-14H2,1H3/p+1. The van der Waals surface area contributed by atoms with E-state index in [-0.39, 0.29) is 0 Å². The highest BCUT2D eigenvalue weighted by Crippen LogP contribution is 2.18. The molecule has 1 aliphatic carbocycles. The number of nitrogens with zero attached hydrogens (tertiary/aromatic N) is 3. The maximum absolute atomic E-state index is 5.73. The third-order valence-corrected chi connectivity index (χ3v) is 5.81. The molecule has 2 heterocycles. The highest BCUT2D eigenvalue weighted by molar-refractivity contribution is 7.71. The Hall–Kier alpha value is -1.66. The van der Waals surface area contributed by atoms with Gasteiger partial charge < -0.3 is 14.2 Å². The minimum atomic E-state index is 0.741. The van der Waals surface area contributed by atoms with Crippen LogP contribution in [0.2, 0.25) is 0 Å². The lowest BCUT2D eigenvalue weighted by Crippen LogP contribution is -3.11. The zero-order valence-electron chi connectivity index (χ0n) is 14.9. The van der Waals surface area contributed by atoms with Crippen LogP contribution in [0.25, 0.3) is 0 Å². The summed E-state index contributed by atoms with van der Waals surface area (Å²) in [6.07, 6.45) is 7.43. The minimum absolute atomic E-state index is 0.741. The molecule has 25 heavy (non-hydrogen) atoms. The van der Waals surface area contributed by atoms with Crippen LogP contribution in [0.4, 0.5) is 0 Å². The van der Waals surface area contributed by atoms with Crippen molar-refractivity contribution < 1.29 is 9.64 Å². The molecule has 6 heteroatoms. The van der Waals surface area contributed by atoms with Gasteiger partial charge in [0.25, 0.3) is 0 Å². The first-order chi connectivity index (χ1) is 12.2. The lowest BCUT2D eigenvalue weighted by molar-refractivity contribution is -0.947. The maximum atomic E-state index is 5.73. The number of hydrogen-bond acceptors (Lipinski definition) is 3. The molecule has 0 amide bonds. The largest absolute Gasteiger partial charge is 0.497 e. The highest BCUT2D eigenvalue weighted by atomic mass is 32.1. The number of aromatic nitrogens is 3. The zero-order valence-corrected chi connectivity index (χ0v) is 15.7. The van der Waals surface area contributed by atoms with Gasteiger partial charge in [-0.1, -0.05) is 6.42 Å². The van der Waals surface area contributed by atoms with Crippen molar-refractivity contribution in [2.24, 2.45) is 0 Å². The monoisotopic (exact) mass is 359 g/mol. The smallest absolute Gasteiger partial charge is 0.202 e. The zero-order chi connectivity index (χ0) is 17.2. The van der Waals surface area contributed by atoms with E-state index in [1.165, 1.54) is 43.5 Å². The average molecular weight is 360 g/mol. The fourth-order valence-corrected chi connectivity index (χ4v) is 4.05. The number of aryl methyl sites for hydroxylation is 1. The molecular weight excluding hydrogens is 332 g/mol. The van der Waals surface area contributed by atoms with Crippen LogP contribution in [0.1, 0.15) is 43.5 Å². The molecule has 1 aromatic heterocycles. The summed E-state index contributed by atoms with van der Waals surface area (Å²) in [6, 6.07) is 9.17. The molecule has 1 aromatic carbocycles. The van der Waals surface area contributed by atoms with Crippen molar-refractivity contribution in [2.75, 3.05) is 7.11 Å². The van der Waals surface area contributed by atoms with E-state index in [1.54, 1.807) is 12.0 Å². The number of nitrogens with one attached hydrogen (secondary N) is 1. The first-order valence-corrected chi connectivity index (χ1v) is 9.79. The van der Waals surface area contributed by atoms with Gasteiger partial charge in [0.05, 0.1) is 13.2 Å². The molecule has 2 aliphatic rings. The molecule has 1 fully saturated rings. The van der Waals surface area contributed by atoms with Crippen LogP contribution in [0.5, 0.6) is 5.75 Å². The van der Waals surface area contributed by atoms with Crippen molar-refractivity contribution in [3.63, 3.8) is 0 Å². The molecular formula is C19H27N4OS+. The van der Waals surface area contributed by atoms with Crippen molar-refractivity contribution in [2.45, 2.75) is 64.3 Å². The Morgan fingerprint density at radius 1 is 1.20 bits per heavy atom. The summed E-state index contributed by atoms with van der Waals surface area (Å²) in [5.74, 6) is 2.10. The molecule has 0 radical (unpaired) electrons. The van der Waals surface area contributed by atoms with Crippen LogP contribution in [-0.2, 0) is 26.2 Å². The van der Waals surface area contributed by atoms with E-state index in [4.69, 9.17) is 22.1 Å². The molecule has 1 unspecified atom stereocenters. The normalized spacial score (nSPS) is 18.4. The van der Waals surface area contributed by atoms with Crippen LogP contribution in [0.15, 0.2) is 24.3 Å². The van der Waals surface area contributed by atoms with E-state index >= 15 is 0 Å². The van der Waals surface area contributed by atoms with Gasteiger partial charge >= 0.3 is 0 Å². The van der Waals surface area contributed by atoms with Gasteiger partial charge in [-0.25, -0.2) is 0 Å². The number of hydrogen-bond donors (Lipinski definition) is 1. The summed E-state index contributed by atoms with van der Waals surface area (Å²) >= 11 is 5.73. The maximum Gasteiger partial charge on any atom is 0.202 e. The molecule has 1 N–H and O–H groups in total. The van der Waals surface area contributed by atoms with Crippen molar-refractivity contribution in [1.82, 2.24) is 14.3 Å². The van der Waals surface area contributed by atoms with Gasteiger partial charge in [-0.05, 0) is 49.3 Å². The minimum Gasteiger partial charge on any atom is -0.497 e. The van der Waals surface area contributed by atoms with Crippen LogP contribution in [0, 0.1) is 4.77 Å². The predicted molar refractivity (Wildman–Crippen MR) is 99.3 cm³/mol. The lowest BCUT2D eigenvalue weighted by atomic mass is 10.2. The second kappa shape index (κ2) is 7.30. The van der Waals surface area contributed by atoms with Crippen LogP contribution < -0.4 is 9.64 Å². The SMILES string of the molecule is COc1ccc(C[NH+](Cn2nc3n(c2=S)CCCCC3)C2CC2)cc1. The van der Waals surface area contributed by atoms with Gasteiger partial charge in [0, 0.05) is 31.4 Å². The summed E-state index contributed by atoms with van der Waals surface area (Å²) in [4.78, 5) is 1.56. The molecule has 134 valence electrons. The second-order valence-corrected chi connectivity index (χ2v) is 7.64. The average Bonchev–Trinajstić information content (AvgIpc) is 3.45. The Labute approximate surface area is 154 Å². The molecule has 4 rings (SSSR count). The van der Waals surface area contributed by atoms with Crippen molar-refractivity contribution in [1.29, 1.82) is 0 Å². The van der Waals surface area contributed by atoms with E-state index in [2.05, 4.69) is 21.4 Å². The van der Waals surface area contributed by atoms with Crippen molar-refractivity contribution >= 4 is 12.2 Å². The van der Waals surface area contributed by atoms with E-state index in [1.807, 2.05) is 12.1 Å². The van der Waals surface area contributed by atoms with Crippen molar-refractivity contribution in [3.05, 3.63) is 40.4 Å². The number of fused-ring (bicyclic) bond motifs is 1. The fourth-order valence-electron chi connectivity index (χ4n) is 3.75. The third-order valence-electron chi connectivity index (χ3n) is 5.38. The number of quaternary nitrogens is 1. The second-order valence-electron chi connectivity index (χ2n) is 7.28. The summed E-state index contributed by atoms with van der Waals surface area (Å²) < 4.78 is 10.5. The van der Waals surface area contributed by atoms with Gasteiger partial charge in [0.2, 0.25) is 4.77 Å². The topological polar surface area (TPSA) is 36.4 Å². The lowest BCUT2D eigenvalue weighted by Gasteiger charge is -2.19. The van der Waals surface area contributed by atoms with Gasteiger partial charge in [0.1, 0.15) is 18.1 Å². The molecule has 5 nitrogen and oxygen atoms in total. The first kappa shape index (κ1) is 16.8. The number of rotatable bonds is 6. The van der Waals surface area contributed by atoms with E-state index in [0.717, 1.165) is 42.7 Å². The summed E-state index contributed by atoms with van der Waals surface area (Å²) in [7, 11) is 1.71. The van der Waals surface area contributed by atoms with Gasteiger partial charge in [0.15, 0.2) is 6.67 Å². The van der Waals surface area contributed by atoms with Gasteiger partial charge in [-0.2, -0.15) is 9.78 Å². The van der Waals surface area contributed by atoms with Crippen LogP contribution in [0.3, 0.4) is 0 Å². The summed E-state index contributed by atoms with van der Waals surface area (Å²) in [5, 5.41) is 4.86. The Morgan fingerprint density at radius 3 is 2.72 bits per heavy atom. The number of methoxy groups -OCH3 is 1. The molecule has 2 aromatic rings. The van der Waals surface area contributed by atoms with E-state index in [0.29, 0.717) is 0 Å². The van der Waals surface area contributed by atoms with E-state index in [9.17, 15) is 0 Å². The molecule has 1 saturated carbocycles. The number of benzene rings is 1. The van der Waals surface area contributed by atoms with Crippen LogP contribution in [-0.4, -0.2) is 27.5 Å². The molecule has 0 spiro atoms. The fraction of sp³-hybridized carbons (Fsp3) is 0.579. The summed E-state index contributed by atoms with van der Waals surface area (Å²) in [6.45, 7) is 2.92. The first-order valence-electron chi connectivity index (χ1n) is 9.38. The molecule has 1 aliphatic heterocycles. The molecule has 0 bridgehead atoms. The van der Waals surface area contributed by atoms with E-state index < -0.39 is 0 Å². The molecule has 1 atom stereocenters. The van der Waals surface area contributed by atoms with Gasteiger partial charge in [-0.15, -0.1) is 0 Å². The Bertz CT molecular complexity index is 776. The molecule has 0 saturated heterocycles. The quantitative estimate of drug-likeness (QED) is 0.805. The Kier molecular flexibility index (Phi) is 4.90. The van der Waals surface area contributed by atoms with Gasteiger partial charge in [-0.3, -0.25) is 0 Å². The summed E-state index contributed by atoms with van der Waals surface area (Å²) in [5.41, 5.74) is 1.34. The van der Waals surface area contributed by atoms with Crippen LogP contribution >= 0.6 is 12.2 Å². The Morgan fingerprint density at radius 2 is 2.00 bits per heavy atom. The highest BCUT2D eigenvalue weighted by Gasteiger charge is 2.34. The van der Waals surface area contributed by atoms with Crippen molar-refractivity contribution in [3.8, 4) is 5.75 Å². The number of ether oxygens (including phenoxy) is 1.